The topological polar surface area (TPSA) is 68.0 Å². The lowest BCUT2D eigenvalue weighted by Gasteiger charge is -2.08. The highest BCUT2D eigenvalue weighted by Crippen LogP contribution is 2.25. The van der Waals surface area contributed by atoms with E-state index in [0.717, 1.165) is 6.07 Å². The van der Waals surface area contributed by atoms with Crippen molar-refractivity contribution in [1.29, 1.82) is 0 Å². The van der Waals surface area contributed by atoms with E-state index >= 15 is 0 Å². The molecule has 0 saturated carbocycles. The quantitative estimate of drug-likeness (QED) is 0.765. The summed E-state index contributed by atoms with van der Waals surface area (Å²) in [6.07, 6.45) is 1.44. The van der Waals surface area contributed by atoms with Gasteiger partial charge in [-0.2, -0.15) is 0 Å². The molecule has 0 aliphatic carbocycles. The molecular formula is C18H13F2N3O. The number of hydrogen-bond donors (Lipinski definition) is 2. The minimum absolute atomic E-state index is 0.143. The van der Waals surface area contributed by atoms with Gasteiger partial charge in [0.1, 0.15) is 5.82 Å². The Morgan fingerprint density at radius 3 is 2.54 bits per heavy atom. The lowest BCUT2D eigenvalue weighted by atomic mass is 10.1. The standard InChI is InChI=1S/C18H13F2N3O/c19-15-6-2-5-14(17(15)20)12-7-8-16(22-10-12)23-13-4-1-3-11(9-13)18(21)24/h1-10H,(H2,21,24)(H,22,23). The molecular weight excluding hydrogens is 312 g/mol. The summed E-state index contributed by atoms with van der Waals surface area (Å²) in [6.45, 7) is 0. The Labute approximate surface area is 137 Å². The third-order valence-corrected chi connectivity index (χ3v) is 3.45. The number of carbonyl (C=O) groups is 1. The van der Waals surface area contributed by atoms with Gasteiger partial charge < -0.3 is 11.1 Å². The van der Waals surface area contributed by atoms with E-state index in [9.17, 15) is 13.6 Å². The van der Waals surface area contributed by atoms with Gasteiger partial charge in [-0.3, -0.25) is 4.79 Å². The Bertz CT molecular complexity index is 895. The molecule has 24 heavy (non-hydrogen) atoms. The number of rotatable bonds is 4. The van der Waals surface area contributed by atoms with Crippen molar-refractivity contribution in [3.8, 4) is 11.1 Å². The van der Waals surface area contributed by atoms with Gasteiger partial charge in [0, 0.05) is 28.6 Å². The number of carbonyl (C=O) groups excluding carboxylic acids is 1. The van der Waals surface area contributed by atoms with Gasteiger partial charge in [-0.15, -0.1) is 0 Å². The smallest absolute Gasteiger partial charge is 0.248 e. The Morgan fingerprint density at radius 1 is 1.04 bits per heavy atom. The van der Waals surface area contributed by atoms with Crippen LogP contribution in [0.25, 0.3) is 11.1 Å². The first-order valence-corrected chi connectivity index (χ1v) is 7.12. The predicted molar refractivity (Wildman–Crippen MR) is 87.8 cm³/mol. The lowest BCUT2D eigenvalue weighted by molar-refractivity contribution is 0.100. The summed E-state index contributed by atoms with van der Waals surface area (Å²) < 4.78 is 27.1. The highest BCUT2D eigenvalue weighted by Gasteiger charge is 2.10. The molecule has 0 spiro atoms. The highest BCUT2D eigenvalue weighted by molar-refractivity contribution is 5.93. The van der Waals surface area contributed by atoms with Gasteiger partial charge in [0.25, 0.3) is 0 Å². The molecule has 0 radical (unpaired) electrons. The number of nitrogens with zero attached hydrogens (tertiary/aromatic N) is 1. The van der Waals surface area contributed by atoms with Gasteiger partial charge in [-0.25, -0.2) is 13.8 Å². The number of aromatic nitrogens is 1. The predicted octanol–water partition coefficient (Wildman–Crippen LogP) is 3.87. The zero-order valence-electron chi connectivity index (χ0n) is 12.5. The van der Waals surface area contributed by atoms with Crippen molar-refractivity contribution >= 4 is 17.4 Å². The van der Waals surface area contributed by atoms with Crippen LogP contribution in [0.15, 0.2) is 60.8 Å². The summed E-state index contributed by atoms with van der Waals surface area (Å²) in [4.78, 5) is 15.4. The number of halogens is 2. The molecule has 2 aromatic carbocycles. The van der Waals surface area contributed by atoms with Gasteiger partial charge in [0.05, 0.1) is 0 Å². The molecule has 3 aromatic rings. The van der Waals surface area contributed by atoms with Gasteiger partial charge in [0.2, 0.25) is 5.91 Å². The van der Waals surface area contributed by atoms with Crippen LogP contribution in [0.2, 0.25) is 0 Å². The lowest BCUT2D eigenvalue weighted by Crippen LogP contribution is -2.10. The summed E-state index contributed by atoms with van der Waals surface area (Å²) in [5, 5.41) is 3.02. The van der Waals surface area contributed by atoms with Crippen LogP contribution in [-0.2, 0) is 0 Å². The molecule has 0 bridgehead atoms. The molecule has 1 amide bonds. The van der Waals surface area contributed by atoms with Gasteiger partial charge in [0.15, 0.2) is 11.6 Å². The second-order valence-electron chi connectivity index (χ2n) is 5.10. The van der Waals surface area contributed by atoms with Crippen LogP contribution in [0.4, 0.5) is 20.3 Å². The maximum atomic E-state index is 13.8. The maximum Gasteiger partial charge on any atom is 0.248 e. The van der Waals surface area contributed by atoms with Crippen molar-refractivity contribution < 1.29 is 13.6 Å². The van der Waals surface area contributed by atoms with E-state index in [1.165, 1.54) is 18.3 Å². The van der Waals surface area contributed by atoms with E-state index in [1.807, 2.05) is 0 Å². The van der Waals surface area contributed by atoms with Crippen LogP contribution in [0.5, 0.6) is 0 Å². The van der Waals surface area contributed by atoms with E-state index in [0.29, 0.717) is 22.6 Å². The molecule has 6 heteroatoms. The summed E-state index contributed by atoms with van der Waals surface area (Å²) >= 11 is 0. The van der Waals surface area contributed by atoms with Crippen LogP contribution in [0, 0.1) is 11.6 Å². The Balaban J connectivity index is 1.84. The van der Waals surface area contributed by atoms with Crippen LogP contribution >= 0.6 is 0 Å². The van der Waals surface area contributed by atoms with Crippen LogP contribution in [-0.4, -0.2) is 10.9 Å². The van der Waals surface area contributed by atoms with Crippen molar-refractivity contribution in [3.05, 3.63) is 78.0 Å². The van der Waals surface area contributed by atoms with Crippen molar-refractivity contribution in [3.63, 3.8) is 0 Å². The Morgan fingerprint density at radius 2 is 1.83 bits per heavy atom. The molecule has 0 saturated heterocycles. The number of primary amides is 1. The second kappa shape index (κ2) is 6.45. The normalized spacial score (nSPS) is 10.4. The fourth-order valence-corrected chi connectivity index (χ4v) is 2.25. The molecule has 3 rings (SSSR count). The van der Waals surface area contributed by atoms with E-state index in [1.54, 1.807) is 36.4 Å². The Kier molecular flexibility index (Phi) is 4.20. The summed E-state index contributed by atoms with van der Waals surface area (Å²) in [5.74, 6) is -1.84. The number of hydrogen-bond acceptors (Lipinski definition) is 3. The van der Waals surface area contributed by atoms with Crippen LogP contribution < -0.4 is 11.1 Å². The van der Waals surface area contributed by atoms with Gasteiger partial charge >= 0.3 is 0 Å². The molecule has 0 aliphatic rings. The van der Waals surface area contributed by atoms with Crippen molar-refractivity contribution in [2.75, 3.05) is 5.32 Å². The summed E-state index contributed by atoms with van der Waals surface area (Å²) in [7, 11) is 0. The number of amides is 1. The first kappa shape index (κ1) is 15.6. The molecule has 0 unspecified atom stereocenters. The zero-order chi connectivity index (χ0) is 17.1. The average molecular weight is 325 g/mol. The molecule has 1 heterocycles. The van der Waals surface area contributed by atoms with Crippen LogP contribution in [0.1, 0.15) is 10.4 Å². The van der Waals surface area contributed by atoms with Crippen molar-refractivity contribution in [2.24, 2.45) is 5.73 Å². The molecule has 0 atom stereocenters. The number of anilines is 2. The van der Waals surface area contributed by atoms with E-state index in [4.69, 9.17) is 5.73 Å². The zero-order valence-corrected chi connectivity index (χ0v) is 12.5. The SMILES string of the molecule is NC(=O)c1cccc(Nc2ccc(-c3cccc(F)c3F)cn2)c1. The molecule has 0 fully saturated rings. The van der Waals surface area contributed by atoms with Gasteiger partial charge in [-0.1, -0.05) is 18.2 Å². The average Bonchev–Trinajstić information content (AvgIpc) is 2.58. The third kappa shape index (κ3) is 3.22. The number of nitrogens with two attached hydrogens (primary N) is 1. The second-order valence-corrected chi connectivity index (χ2v) is 5.10. The van der Waals surface area contributed by atoms with Crippen molar-refractivity contribution in [2.45, 2.75) is 0 Å². The number of benzene rings is 2. The fraction of sp³-hybridized carbons (Fsp3) is 0. The van der Waals surface area contributed by atoms with Crippen molar-refractivity contribution in [1.82, 2.24) is 4.98 Å². The largest absolute Gasteiger partial charge is 0.366 e. The summed E-state index contributed by atoms with van der Waals surface area (Å²) in [5.41, 5.74) is 6.86. The summed E-state index contributed by atoms with van der Waals surface area (Å²) in [6, 6.07) is 13.9. The third-order valence-electron chi connectivity index (χ3n) is 3.45. The number of pyridine rings is 1. The first-order chi connectivity index (χ1) is 11.5. The minimum Gasteiger partial charge on any atom is -0.366 e. The van der Waals surface area contributed by atoms with Gasteiger partial charge in [-0.05, 0) is 36.4 Å². The molecule has 1 aromatic heterocycles. The van der Waals surface area contributed by atoms with E-state index in [-0.39, 0.29) is 5.56 Å². The van der Waals surface area contributed by atoms with Crippen LogP contribution in [0.3, 0.4) is 0 Å². The highest BCUT2D eigenvalue weighted by atomic mass is 19.2. The van der Waals surface area contributed by atoms with E-state index < -0.39 is 17.5 Å². The molecule has 0 aliphatic heterocycles. The molecule has 4 nitrogen and oxygen atoms in total. The number of nitrogens with one attached hydrogen (secondary N) is 1. The fourth-order valence-electron chi connectivity index (χ4n) is 2.25. The minimum atomic E-state index is -0.908. The Hall–Kier alpha value is -3.28. The monoisotopic (exact) mass is 325 g/mol. The first-order valence-electron chi connectivity index (χ1n) is 7.12. The van der Waals surface area contributed by atoms with E-state index in [2.05, 4.69) is 10.3 Å². The molecule has 3 N–H and O–H groups in total. The maximum absolute atomic E-state index is 13.8. The molecule has 120 valence electrons.